The zero-order valence-corrected chi connectivity index (χ0v) is 15.6. The summed E-state index contributed by atoms with van der Waals surface area (Å²) in [7, 11) is 0. The van der Waals surface area contributed by atoms with E-state index in [0.717, 1.165) is 28.4 Å². The summed E-state index contributed by atoms with van der Waals surface area (Å²) in [6.07, 6.45) is 3.55. The normalized spacial score (nSPS) is 10.8. The van der Waals surface area contributed by atoms with Crippen LogP contribution in [0.3, 0.4) is 0 Å². The Morgan fingerprint density at radius 2 is 2.04 bits per heavy atom. The predicted molar refractivity (Wildman–Crippen MR) is 102 cm³/mol. The van der Waals surface area contributed by atoms with Gasteiger partial charge in [0.05, 0.1) is 10.7 Å². The topological polar surface area (TPSA) is 33.2 Å². The number of carbonyl (C=O) groups is 1. The van der Waals surface area contributed by atoms with Crippen LogP contribution in [0.5, 0.6) is 0 Å². The van der Waals surface area contributed by atoms with Gasteiger partial charge in [-0.3, -0.25) is 4.79 Å². The van der Waals surface area contributed by atoms with Crippen LogP contribution < -0.4 is 0 Å². The Morgan fingerprint density at radius 1 is 1.33 bits per heavy atom. The third-order valence-electron chi connectivity index (χ3n) is 3.77. The lowest BCUT2D eigenvalue weighted by atomic mass is 10.1. The summed E-state index contributed by atoms with van der Waals surface area (Å²) in [5.41, 5.74) is 2.08. The van der Waals surface area contributed by atoms with Crippen molar-refractivity contribution in [2.24, 2.45) is 5.92 Å². The summed E-state index contributed by atoms with van der Waals surface area (Å²) in [4.78, 5) is 20.1. The number of carbonyl (C=O) groups excluding carboxylic acids is 1. The van der Waals surface area contributed by atoms with Gasteiger partial charge in [0.25, 0.3) is 5.91 Å². The molecular formula is C20H26N2OS. The highest BCUT2D eigenvalue weighted by Gasteiger charge is 2.21. The molecule has 1 aromatic carbocycles. The Kier molecular flexibility index (Phi) is 6.73. The van der Waals surface area contributed by atoms with Crippen molar-refractivity contribution in [2.75, 3.05) is 13.1 Å². The minimum atomic E-state index is 0.0656. The van der Waals surface area contributed by atoms with Crippen LogP contribution in [0.25, 0.3) is 0 Å². The number of aromatic nitrogens is 1. The second kappa shape index (κ2) is 8.78. The van der Waals surface area contributed by atoms with Crippen LogP contribution in [0.1, 0.15) is 39.8 Å². The number of benzene rings is 1. The molecule has 2 aromatic rings. The molecule has 0 bridgehead atoms. The van der Waals surface area contributed by atoms with Crippen molar-refractivity contribution in [3.8, 4) is 0 Å². The second-order valence-electron chi connectivity index (χ2n) is 6.40. The van der Waals surface area contributed by atoms with Gasteiger partial charge in [-0.25, -0.2) is 4.98 Å². The number of amides is 1. The first-order valence-corrected chi connectivity index (χ1v) is 9.23. The maximum atomic E-state index is 12.9. The maximum Gasteiger partial charge on any atom is 0.266 e. The highest BCUT2D eigenvalue weighted by molar-refractivity contribution is 7.13. The van der Waals surface area contributed by atoms with Crippen LogP contribution in [0, 0.1) is 12.8 Å². The highest BCUT2D eigenvalue weighted by Crippen LogP contribution is 2.22. The number of hydrogen-bond donors (Lipinski definition) is 0. The van der Waals surface area contributed by atoms with Crippen LogP contribution in [0.15, 0.2) is 43.0 Å². The fourth-order valence-electron chi connectivity index (χ4n) is 2.57. The summed E-state index contributed by atoms with van der Waals surface area (Å²) >= 11 is 1.54. The molecule has 24 heavy (non-hydrogen) atoms. The van der Waals surface area contributed by atoms with Crippen molar-refractivity contribution in [2.45, 2.75) is 33.6 Å². The van der Waals surface area contributed by atoms with E-state index >= 15 is 0 Å². The molecule has 1 amide bonds. The lowest BCUT2D eigenvalue weighted by Crippen LogP contribution is -2.33. The van der Waals surface area contributed by atoms with Crippen LogP contribution in [-0.2, 0) is 12.8 Å². The van der Waals surface area contributed by atoms with Crippen LogP contribution in [0.4, 0.5) is 0 Å². The molecule has 0 N–H and O–H groups in total. The van der Waals surface area contributed by atoms with Gasteiger partial charge in [-0.2, -0.15) is 0 Å². The minimum Gasteiger partial charge on any atom is -0.334 e. The number of thiazole rings is 1. The van der Waals surface area contributed by atoms with Crippen LogP contribution in [-0.4, -0.2) is 28.9 Å². The van der Waals surface area contributed by atoms with Gasteiger partial charge in [0, 0.05) is 19.5 Å². The molecule has 128 valence electrons. The molecular weight excluding hydrogens is 316 g/mol. The monoisotopic (exact) mass is 342 g/mol. The van der Waals surface area contributed by atoms with E-state index in [1.54, 1.807) is 6.08 Å². The lowest BCUT2D eigenvalue weighted by molar-refractivity contribution is 0.0779. The van der Waals surface area contributed by atoms with Crippen LogP contribution >= 0.6 is 11.3 Å². The van der Waals surface area contributed by atoms with E-state index in [0.29, 0.717) is 19.0 Å². The quantitative estimate of drug-likeness (QED) is 0.661. The maximum absolute atomic E-state index is 12.9. The average Bonchev–Trinajstić information content (AvgIpc) is 2.91. The minimum absolute atomic E-state index is 0.0656. The molecule has 3 nitrogen and oxygen atoms in total. The zero-order chi connectivity index (χ0) is 17.5. The van der Waals surface area contributed by atoms with Crippen molar-refractivity contribution in [3.63, 3.8) is 0 Å². The van der Waals surface area contributed by atoms with Gasteiger partial charge in [0.15, 0.2) is 0 Å². The Balaban J connectivity index is 2.10. The first-order chi connectivity index (χ1) is 11.5. The van der Waals surface area contributed by atoms with E-state index in [2.05, 4.69) is 37.5 Å². The largest absolute Gasteiger partial charge is 0.334 e. The van der Waals surface area contributed by atoms with Gasteiger partial charge in [-0.05, 0) is 24.8 Å². The summed E-state index contributed by atoms with van der Waals surface area (Å²) in [5, 5.41) is 1.05. The number of nitrogens with zero attached hydrogens (tertiary/aromatic N) is 2. The molecule has 0 fully saturated rings. The smallest absolute Gasteiger partial charge is 0.266 e. The molecule has 0 aliphatic carbocycles. The summed E-state index contributed by atoms with van der Waals surface area (Å²) in [5.74, 6) is 0.608. The molecule has 0 aliphatic rings. The average molecular weight is 343 g/mol. The van der Waals surface area contributed by atoms with Crippen molar-refractivity contribution in [1.29, 1.82) is 0 Å². The Hall–Kier alpha value is -1.94. The SMILES string of the molecule is C=CCN(CCc1ccccc1)C(=O)c1sc(CC(C)C)nc1C. The Labute approximate surface area is 149 Å². The third-order valence-corrected chi connectivity index (χ3v) is 4.94. The molecule has 0 atom stereocenters. The molecule has 0 radical (unpaired) electrons. The van der Waals surface area contributed by atoms with E-state index in [9.17, 15) is 4.79 Å². The third kappa shape index (κ3) is 5.03. The van der Waals surface area contributed by atoms with Crippen molar-refractivity contribution >= 4 is 17.2 Å². The van der Waals surface area contributed by atoms with Gasteiger partial charge in [0.2, 0.25) is 0 Å². The summed E-state index contributed by atoms with van der Waals surface area (Å²) in [6, 6.07) is 10.2. The molecule has 4 heteroatoms. The summed E-state index contributed by atoms with van der Waals surface area (Å²) in [6.45, 7) is 11.3. The molecule has 2 rings (SSSR count). The first kappa shape index (κ1) is 18.4. The van der Waals surface area contributed by atoms with E-state index in [1.165, 1.54) is 16.9 Å². The fraction of sp³-hybridized carbons (Fsp3) is 0.400. The number of aryl methyl sites for hydroxylation is 1. The molecule has 0 aliphatic heterocycles. The molecule has 1 heterocycles. The van der Waals surface area contributed by atoms with Gasteiger partial charge in [-0.1, -0.05) is 50.3 Å². The van der Waals surface area contributed by atoms with Gasteiger partial charge < -0.3 is 4.90 Å². The van der Waals surface area contributed by atoms with E-state index in [4.69, 9.17) is 0 Å². The van der Waals surface area contributed by atoms with Gasteiger partial charge in [-0.15, -0.1) is 17.9 Å². The summed E-state index contributed by atoms with van der Waals surface area (Å²) < 4.78 is 0. The van der Waals surface area contributed by atoms with Crippen LogP contribution in [0.2, 0.25) is 0 Å². The molecule has 0 saturated heterocycles. The van der Waals surface area contributed by atoms with Crippen molar-refractivity contribution in [3.05, 3.63) is 64.1 Å². The van der Waals surface area contributed by atoms with Gasteiger partial charge >= 0.3 is 0 Å². The van der Waals surface area contributed by atoms with Crippen molar-refractivity contribution < 1.29 is 4.79 Å². The predicted octanol–water partition coefficient (Wildman–Crippen LogP) is 4.52. The zero-order valence-electron chi connectivity index (χ0n) is 14.8. The van der Waals surface area contributed by atoms with E-state index in [-0.39, 0.29) is 5.91 Å². The molecule has 0 spiro atoms. The lowest BCUT2D eigenvalue weighted by Gasteiger charge is -2.20. The highest BCUT2D eigenvalue weighted by atomic mass is 32.1. The Bertz CT molecular complexity index is 676. The number of hydrogen-bond acceptors (Lipinski definition) is 3. The molecule has 0 unspecified atom stereocenters. The second-order valence-corrected chi connectivity index (χ2v) is 7.48. The standard InChI is InChI=1S/C20H26N2OS/c1-5-12-22(13-11-17-9-7-6-8-10-17)20(23)19-16(4)21-18(24-19)14-15(2)3/h5-10,15H,1,11-14H2,2-4H3. The molecule has 0 saturated carbocycles. The first-order valence-electron chi connectivity index (χ1n) is 8.41. The van der Waals surface area contributed by atoms with E-state index < -0.39 is 0 Å². The van der Waals surface area contributed by atoms with E-state index in [1.807, 2.05) is 30.0 Å². The Morgan fingerprint density at radius 3 is 2.67 bits per heavy atom. The molecule has 1 aromatic heterocycles. The number of rotatable bonds is 8. The van der Waals surface area contributed by atoms with Crippen molar-refractivity contribution in [1.82, 2.24) is 9.88 Å². The van der Waals surface area contributed by atoms with Gasteiger partial charge in [0.1, 0.15) is 4.88 Å². The fourth-order valence-corrected chi connectivity index (χ4v) is 3.82.